The van der Waals surface area contributed by atoms with Gasteiger partial charge in [-0.1, -0.05) is 0 Å². The standard InChI is InChI=1S/C17H18N4S/c1-17(2,3)21-16(22)20-14-9-11-6-8-18-10-13(11)15-12(14)5-4-7-19-15/h4-10H,1-3H3,(H2,20,21,22). The highest BCUT2D eigenvalue weighted by Gasteiger charge is 2.13. The van der Waals surface area contributed by atoms with Crippen molar-refractivity contribution in [1.29, 1.82) is 0 Å². The molecule has 0 radical (unpaired) electrons. The predicted molar refractivity (Wildman–Crippen MR) is 96.2 cm³/mol. The molecule has 0 aliphatic heterocycles. The number of fused-ring (bicyclic) bond motifs is 3. The molecular formula is C17H18N4S. The number of hydrogen-bond donors (Lipinski definition) is 2. The Bertz CT molecular complexity index is 852. The molecule has 2 aromatic heterocycles. The second kappa shape index (κ2) is 5.50. The van der Waals surface area contributed by atoms with Crippen LogP contribution in [0.15, 0.2) is 42.9 Å². The molecule has 0 fully saturated rings. The molecule has 0 unspecified atom stereocenters. The van der Waals surface area contributed by atoms with Crippen LogP contribution in [0.4, 0.5) is 5.69 Å². The lowest BCUT2D eigenvalue weighted by molar-refractivity contribution is 0.515. The number of nitrogens with zero attached hydrogens (tertiary/aromatic N) is 2. The van der Waals surface area contributed by atoms with E-state index in [1.54, 1.807) is 12.4 Å². The lowest BCUT2D eigenvalue weighted by Crippen LogP contribution is -2.42. The van der Waals surface area contributed by atoms with E-state index in [4.69, 9.17) is 12.2 Å². The van der Waals surface area contributed by atoms with Crippen molar-refractivity contribution >= 4 is 44.7 Å². The van der Waals surface area contributed by atoms with E-state index in [0.717, 1.165) is 27.4 Å². The molecule has 5 heteroatoms. The second-order valence-electron chi connectivity index (χ2n) is 6.25. The van der Waals surface area contributed by atoms with Gasteiger partial charge in [0, 0.05) is 34.9 Å². The molecule has 0 aliphatic carbocycles. The van der Waals surface area contributed by atoms with E-state index in [0.29, 0.717) is 5.11 Å². The van der Waals surface area contributed by atoms with Crippen molar-refractivity contribution in [2.75, 3.05) is 5.32 Å². The molecule has 0 spiro atoms. The predicted octanol–water partition coefficient (Wildman–Crippen LogP) is 3.87. The first kappa shape index (κ1) is 14.7. The van der Waals surface area contributed by atoms with Gasteiger partial charge in [0.05, 0.1) is 11.2 Å². The molecule has 1 aromatic carbocycles. The zero-order valence-electron chi connectivity index (χ0n) is 12.8. The summed E-state index contributed by atoms with van der Waals surface area (Å²) in [5.74, 6) is 0. The summed E-state index contributed by atoms with van der Waals surface area (Å²) >= 11 is 5.41. The summed E-state index contributed by atoms with van der Waals surface area (Å²) in [6, 6.07) is 8.03. The largest absolute Gasteiger partial charge is 0.358 e. The maximum absolute atomic E-state index is 5.41. The minimum absolute atomic E-state index is 0.0844. The molecule has 3 aromatic rings. The number of benzene rings is 1. The Hall–Kier alpha value is -2.27. The number of hydrogen-bond acceptors (Lipinski definition) is 3. The van der Waals surface area contributed by atoms with Crippen LogP contribution >= 0.6 is 12.2 Å². The fourth-order valence-electron chi connectivity index (χ4n) is 2.40. The summed E-state index contributed by atoms with van der Waals surface area (Å²) < 4.78 is 0. The van der Waals surface area contributed by atoms with Crippen LogP contribution < -0.4 is 10.6 Å². The molecular weight excluding hydrogens is 292 g/mol. The minimum Gasteiger partial charge on any atom is -0.358 e. The van der Waals surface area contributed by atoms with Gasteiger partial charge in [0.1, 0.15) is 0 Å². The number of nitrogens with one attached hydrogen (secondary N) is 2. The van der Waals surface area contributed by atoms with E-state index in [1.807, 2.05) is 24.4 Å². The summed E-state index contributed by atoms with van der Waals surface area (Å²) in [6.45, 7) is 6.23. The van der Waals surface area contributed by atoms with Crippen LogP contribution in [0, 0.1) is 0 Å². The summed E-state index contributed by atoms with van der Waals surface area (Å²) in [4.78, 5) is 8.71. The lowest BCUT2D eigenvalue weighted by Gasteiger charge is -2.23. The monoisotopic (exact) mass is 310 g/mol. The number of aromatic nitrogens is 2. The molecule has 2 N–H and O–H groups in total. The van der Waals surface area contributed by atoms with Gasteiger partial charge in [0.15, 0.2) is 5.11 Å². The number of pyridine rings is 2. The van der Waals surface area contributed by atoms with E-state index in [-0.39, 0.29) is 5.54 Å². The van der Waals surface area contributed by atoms with Gasteiger partial charge in [-0.3, -0.25) is 9.97 Å². The van der Waals surface area contributed by atoms with Crippen LogP contribution in [0.2, 0.25) is 0 Å². The summed E-state index contributed by atoms with van der Waals surface area (Å²) in [6.07, 6.45) is 5.43. The molecule has 112 valence electrons. The van der Waals surface area contributed by atoms with Crippen molar-refractivity contribution in [2.24, 2.45) is 0 Å². The molecule has 0 bridgehead atoms. The molecule has 22 heavy (non-hydrogen) atoms. The van der Waals surface area contributed by atoms with Crippen molar-refractivity contribution in [2.45, 2.75) is 26.3 Å². The van der Waals surface area contributed by atoms with Crippen LogP contribution in [0.1, 0.15) is 20.8 Å². The normalized spacial score (nSPS) is 11.6. The van der Waals surface area contributed by atoms with Crippen molar-refractivity contribution in [3.63, 3.8) is 0 Å². The Morgan fingerprint density at radius 1 is 1.14 bits per heavy atom. The Labute approximate surface area is 135 Å². The molecule has 2 heterocycles. The average Bonchev–Trinajstić information content (AvgIpc) is 2.45. The zero-order chi connectivity index (χ0) is 15.7. The summed E-state index contributed by atoms with van der Waals surface area (Å²) in [5.41, 5.74) is 1.79. The molecule has 0 saturated carbocycles. The number of rotatable bonds is 1. The van der Waals surface area contributed by atoms with Gasteiger partial charge in [-0.05, 0) is 62.6 Å². The quantitative estimate of drug-likeness (QED) is 0.528. The summed E-state index contributed by atoms with van der Waals surface area (Å²) in [5, 5.41) is 10.3. The van der Waals surface area contributed by atoms with Crippen molar-refractivity contribution < 1.29 is 0 Å². The van der Waals surface area contributed by atoms with E-state index in [9.17, 15) is 0 Å². The van der Waals surface area contributed by atoms with Crippen molar-refractivity contribution in [1.82, 2.24) is 15.3 Å². The Kier molecular flexibility index (Phi) is 3.66. The molecule has 0 aliphatic rings. The van der Waals surface area contributed by atoms with Crippen LogP contribution in [-0.2, 0) is 0 Å². The highest BCUT2D eigenvalue weighted by Crippen LogP contribution is 2.29. The Balaban J connectivity index is 2.10. The van der Waals surface area contributed by atoms with Gasteiger partial charge in [-0.2, -0.15) is 0 Å². The SMILES string of the molecule is CC(C)(C)NC(=S)Nc1cc2ccncc2c2ncccc12. The van der Waals surface area contributed by atoms with Gasteiger partial charge in [-0.15, -0.1) is 0 Å². The van der Waals surface area contributed by atoms with Gasteiger partial charge in [0.2, 0.25) is 0 Å². The molecule has 0 atom stereocenters. The third-order valence-electron chi connectivity index (χ3n) is 3.24. The molecule has 0 saturated heterocycles. The third-order valence-corrected chi connectivity index (χ3v) is 3.45. The van der Waals surface area contributed by atoms with E-state index in [2.05, 4.69) is 47.4 Å². The topological polar surface area (TPSA) is 49.8 Å². The maximum atomic E-state index is 5.41. The third kappa shape index (κ3) is 2.99. The van der Waals surface area contributed by atoms with Gasteiger partial charge >= 0.3 is 0 Å². The van der Waals surface area contributed by atoms with Crippen molar-refractivity contribution in [3.8, 4) is 0 Å². The Morgan fingerprint density at radius 2 is 1.95 bits per heavy atom. The first-order valence-corrected chi connectivity index (χ1v) is 7.55. The number of anilines is 1. The van der Waals surface area contributed by atoms with Crippen LogP contribution in [0.5, 0.6) is 0 Å². The van der Waals surface area contributed by atoms with Crippen LogP contribution in [0.25, 0.3) is 21.7 Å². The highest BCUT2D eigenvalue weighted by molar-refractivity contribution is 7.80. The zero-order valence-corrected chi connectivity index (χ0v) is 13.7. The molecule has 4 nitrogen and oxygen atoms in total. The maximum Gasteiger partial charge on any atom is 0.171 e. The summed E-state index contributed by atoms with van der Waals surface area (Å²) in [7, 11) is 0. The van der Waals surface area contributed by atoms with Gasteiger partial charge < -0.3 is 10.6 Å². The molecule has 0 amide bonds. The number of thiocarbonyl (C=S) groups is 1. The van der Waals surface area contributed by atoms with Crippen LogP contribution in [-0.4, -0.2) is 20.6 Å². The first-order chi connectivity index (χ1) is 10.4. The van der Waals surface area contributed by atoms with Crippen molar-refractivity contribution in [3.05, 3.63) is 42.9 Å². The van der Waals surface area contributed by atoms with Gasteiger partial charge in [-0.25, -0.2) is 0 Å². The second-order valence-corrected chi connectivity index (χ2v) is 6.66. The first-order valence-electron chi connectivity index (χ1n) is 7.15. The smallest absolute Gasteiger partial charge is 0.171 e. The minimum atomic E-state index is -0.0844. The highest BCUT2D eigenvalue weighted by atomic mass is 32.1. The molecule has 3 rings (SSSR count). The van der Waals surface area contributed by atoms with Crippen LogP contribution in [0.3, 0.4) is 0 Å². The fraction of sp³-hybridized carbons (Fsp3) is 0.235. The fourth-order valence-corrected chi connectivity index (χ4v) is 2.81. The Morgan fingerprint density at radius 3 is 2.73 bits per heavy atom. The average molecular weight is 310 g/mol. The lowest BCUT2D eigenvalue weighted by atomic mass is 10.1. The van der Waals surface area contributed by atoms with E-state index < -0.39 is 0 Å². The van der Waals surface area contributed by atoms with E-state index in [1.165, 1.54) is 0 Å². The van der Waals surface area contributed by atoms with E-state index >= 15 is 0 Å². The van der Waals surface area contributed by atoms with Gasteiger partial charge in [0.25, 0.3) is 0 Å².